The number of benzene rings is 1. The minimum atomic E-state index is 0.457. The first-order chi connectivity index (χ1) is 8.66. The van der Waals surface area contributed by atoms with Gasteiger partial charge in [-0.25, -0.2) is 9.97 Å². The highest BCUT2D eigenvalue weighted by molar-refractivity contribution is 9.10. The van der Waals surface area contributed by atoms with Crippen molar-refractivity contribution in [3.8, 4) is 0 Å². The van der Waals surface area contributed by atoms with E-state index in [9.17, 15) is 0 Å². The van der Waals surface area contributed by atoms with Crippen molar-refractivity contribution < 1.29 is 0 Å². The van der Waals surface area contributed by atoms with Crippen LogP contribution in [0.15, 0.2) is 35.1 Å². The Morgan fingerprint density at radius 3 is 2.50 bits per heavy atom. The van der Waals surface area contributed by atoms with Gasteiger partial charge in [-0.2, -0.15) is 0 Å². The van der Waals surface area contributed by atoms with Crippen molar-refractivity contribution in [3.05, 3.63) is 51.3 Å². The molecule has 18 heavy (non-hydrogen) atoms. The number of anilines is 1. The zero-order valence-electron chi connectivity index (χ0n) is 9.74. The van der Waals surface area contributed by atoms with Crippen molar-refractivity contribution in [2.75, 3.05) is 5.73 Å². The molecule has 1 aromatic carbocycles. The summed E-state index contributed by atoms with van der Waals surface area (Å²) in [6, 6.07) is 8.30. The second kappa shape index (κ2) is 6.16. The molecular weight excluding hydrogens is 314 g/mol. The molecule has 0 saturated heterocycles. The molecule has 3 nitrogen and oxygen atoms in total. The lowest BCUT2D eigenvalue weighted by atomic mass is 10.1. The molecule has 0 atom stereocenters. The predicted molar refractivity (Wildman–Crippen MR) is 77.6 cm³/mol. The number of aromatic nitrogens is 2. The van der Waals surface area contributed by atoms with Crippen LogP contribution in [0.2, 0.25) is 5.15 Å². The van der Waals surface area contributed by atoms with Gasteiger partial charge in [-0.1, -0.05) is 39.7 Å². The third kappa shape index (κ3) is 3.43. The van der Waals surface area contributed by atoms with Gasteiger partial charge in [0.15, 0.2) is 0 Å². The molecule has 94 valence electrons. The quantitative estimate of drug-likeness (QED) is 0.873. The molecule has 0 aliphatic carbocycles. The summed E-state index contributed by atoms with van der Waals surface area (Å²) in [6.45, 7) is 0. The van der Waals surface area contributed by atoms with E-state index in [4.69, 9.17) is 17.3 Å². The summed E-state index contributed by atoms with van der Waals surface area (Å²) in [5.41, 5.74) is 7.92. The smallest absolute Gasteiger partial charge is 0.137 e. The first-order valence-corrected chi connectivity index (χ1v) is 6.83. The summed E-state index contributed by atoms with van der Waals surface area (Å²) in [5.74, 6) is 0.478. The number of nitrogens with two attached hydrogens (primary N) is 1. The minimum Gasteiger partial charge on any atom is -0.383 e. The standard InChI is InChI=1S/C13H13BrClN3/c14-10-6-4-9(5-7-10)2-1-3-11-12(15)17-8-18-13(11)16/h4-8H,1-3H2,(H2,16,17,18). The maximum absolute atomic E-state index is 5.99. The Balaban J connectivity index is 1.94. The van der Waals surface area contributed by atoms with Crippen LogP contribution in [0.25, 0.3) is 0 Å². The second-order valence-electron chi connectivity index (χ2n) is 4.01. The normalized spacial score (nSPS) is 10.6. The third-order valence-electron chi connectivity index (χ3n) is 2.73. The molecule has 0 aliphatic rings. The molecular formula is C13H13BrClN3. The molecule has 2 N–H and O–H groups in total. The fraction of sp³-hybridized carbons (Fsp3) is 0.231. The van der Waals surface area contributed by atoms with Crippen LogP contribution in [0.4, 0.5) is 5.82 Å². The summed E-state index contributed by atoms with van der Waals surface area (Å²) in [5, 5.41) is 0.457. The number of hydrogen-bond acceptors (Lipinski definition) is 3. The average molecular weight is 327 g/mol. The van der Waals surface area contributed by atoms with Gasteiger partial charge in [0.1, 0.15) is 17.3 Å². The number of halogens is 2. The maximum Gasteiger partial charge on any atom is 0.137 e. The van der Waals surface area contributed by atoms with E-state index in [-0.39, 0.29) is 0 Å². The van der Waals surface area contributed by atoms with E-state index in [0.717, 1.165) is 29.3 Å². The Hall–Kier alpha value is -1.13. The van der Waals surface area contributed by atoms with E-state index in [2.05, 4.69) is 38.0 Å². The van der Waals surface area contributed by atoms with Crippen LogP contribution < -0.4 is 5.73 Å². The number of hydrogen-bond donors (Lipinski definition) is 1. The number of aryl methyl sites for hydroxylation is 1. The molecule has 0 spiro atoms. The summed E-state index contributed by atoms with van der Waals surface area (Å²) in [6.07, 6.45) is 4.13. The van der Waals surface area contributed by atoms with Gasteiger partial charge in [-0.05, 0) is 37.0 Å². The van der Waals surface area contributed by atoms with Crippen LogP contribution in [0, 0.1) is 0 Å². The fourth-order valence-corrected chi connectivity index (χ4v) is 2.25. The van der Waals surface area contributed by atoms with E-state index >= 15 is 0 Å². The minimum absolute atomic E-state index is 0.457. The van der Waals surface area contributed by atoms with E-state index in [1.807, 2.05) is 12.1 Å². The second-order valence-corrected chi connectivity index (χ2v) is 5.28. The Morgan fingerprint density at radius 2 is 1.83 bits per heavy atom. The van der Waals surface area contributed by atoms with Gasteiger partial charge in [0.25, 0.3) is 0 Å². The Morgan fingerprint density at radius 1 is 1.11 bits per heavy atom. The SMILES string of the molecule is Nc1ncnc(Cl)c1CCCc1ccc(Br)cc1. The highest BCUT2D eigenvalue weighted by Gasteiger charge is 2.06. The van der Waals surface area contributed by atoms with Crippen LogP contribution >= 0.6 is 27.5 Å². The topological polar surface area (TPSA) is 51.8 Å². The highest BCUT2D eigenvalue weighted by Crippen LogP contribution is 2.20. The van der Waals surface area contributed by atoms with Crippen molar-refractivity contribution in [1.82, 2.24) is 9.97 Å². The zero-order chi connectivity index (χ0) is 13.0. The van der Waals surface area contributed by atoms with Crippen LogP contribution in [0.1, 0.15) is 17.5 Å². The molecule has 0 bridgehead atoms. The molecule has 1 aromatic heterocycles. The van der Waals surface area contributed by atoms with Gasteiger partial charge in [0, 0.05) is 10.0 Å². The summed E-state index contributed by atoms with van der Waals surface area (Å²) in [7, 11) is 0. The monoisotopic (exact) mass is 325 g/mol. The first-order valence-electron chi connectivity index (χ1n) is 5.66. The lowest BCUT2D eigenvalue weighted by Crippen LogP contribution is -2.01. The number of nitrogens with zero attached hydrogens (tertiary/aromatic N) is 2. The molecule has 2 aromatic rings. The van der Waals surface area contributed by atoms with Gasteiger partial charge in [-0.15, -0.1) is 0 Å². The van der Waals surface area contributed by atoms with Crippen molar-refractivity contribution in [1.29, 1.82) is 0 Å². The van der Waals surface area contributed by atoms with Crippen molar-refractivity contribution >= 4 is 33.3 Å². The van der Waals surface area contributed by atoms with E-state index in [1.54, 1.807) is 0 Å². The molecule has 0 amide bonds. The maximum atomic E-state index is 5.99. The third-order valence-corrected chi connectivity index (χ3v) is 3.59. The van der Waals surface area contributed by atoms with Gasteiger partial charge in [0.05, 0.1) is 0 Å². The van der Waals surface area contributed by atoms with Gasteiger partial charge in [0.2, 0.25) is 0 Å². The zero-order valence-corrected chi connectivity index (χ0v) is 12.1. The van der Waals surface area contributed by atoms with Gasteiger partial charge in [-0.3, -0.25) is 0 Å². The molecule has 0 unspecified atom stereocenters. The molecule has 0 fully saturated rings. The molecule has 0 aliphatic heterocycles. The first kappa shape index (κ1) is 13.3. The van der Waals surface area contributed by atoms with Crippen LogP contribution in [-0.4, -0.2) is 9.97 Å². The molecule has 0 radical (unpaired) electrons. The molecule has 2 rings (SSSR count). The molecule has 5 heteroatoms. The number of rotatable bonds is 4. The predicted octanol–water partition coefficient (Wildman–Crippen LogP) is 3.65. The Bertz CT molecular complexity index is 508. The van der Waals surface area contributed by atoms with E-state index in [1.165, 1.54) is 11.9 Å². The van der Waals surface area contributed by atoms with Gasteiger partial charge >= 0.3 is 0 Å². The summed E-state index contributed by atoms with van der Waals surface area (Å²) >= 11 is 9.41. The van der Waals surface area contributed by atoms with E-state index < -0.39 is 0 Å². The number of nitrogen functional groups attached to an aromatic ring is 1. The lowest BCUT2D eigenvalue weighted by Gasteiger charge is -2.06. The van der Waals surface area contributed by atoms with Crippen LogP contribution in [0.3, 0.4) is 0 Å². The Labute approximate surface area is 120 Å². The van der Waals surface area contributed by atoms with Crippen LogP contribution in [-0.2, 0) is 12.8 Å². The highest BCUT2D eigenvalue weighted by atomic mass is 79.9. The lowest BCUT2D eigenvalue weighted by molar-refractivity contribution is 0.814. The van der Waals surface area contributed by atoms with Gasteiger partial charge < -0.3 is 5.73 Å². The Kier molecular flexibility index (Phi) is 4.55. The fourth-order valence-electron chi connectivity index (χ4n) is 1.75. The van der Waals surface area contributed by atoms with Crippen LogP contribution in [0.5, 0.6) is 0 Å². The van der Waals surface area contributed by atoms with Crippen molar-refractivity contribution in [3.63, 3.8) is 0 Å². The molecule has 0 saturated carbocycles. The van der Waals surface area contributed by atoms with Crippen molar-refractivity contribution in [2.24, 2.45) is 0 Å². The van der Waals surface area contributed by atoms with Crippen molar-refractivity contribution in [2.45, 2.75) is 19.3 Å². The summed E-state index contributed by atoms with van der Waals surface area (Å²) < 4.78 is 1.09. The largest absolute Gasteiger partial charge is 0.383 e. The summed E-state index contributed by atoms with van der Waals surface area (Å²) in [4.78, 5) is 7.90. The average Bonchev–Trinajstić information content (AvgIpc) is 2.35. The molecule has 1 heterocycles. The van der Waals surface area contributed by atoms with E-state index in [0.29, 0.717) is 11.0 Å².